The lowest BCUT2D eigenvalue weighted by Crippen LogP contribution is -2.42. The summed E-state index contributed by atoms with van der Waals surface area (Å²) in [5.74, 6) is -1.87. The van der Waals surface area contributed by atoms with Crippen molar-refractivity contribution < 1.29 is 13.6 Å². The molecule has 0 atom stereocenters. The van der Waals surface area contributed by atoms with Gasteiger partial charge in [0.05, 0.1) is 11.3 Å². The van der Waals surface area contributed by atoms with Gasteiger partial charge in [-0.2, -0.15) is 5.10 Å². The minimum Gasteiger partial charge on any atom is -0.366 e. The zero-order chi connectivity index (χ0) is 17.1. The Labute approximate surface area is 138 Å². The predicted molar refractivity (Wildman–Crippen MR) is 85.7 cm³/mol. The van der Waals surface area contributed by atoms with E-state index in [1.165, 1.54) is 12.1 Å². The van der Waals surface area contributed by atoms with Crippen molar-refractivity contribution >= 4 is 11.7 Å². The number of amides is 1. The molecule has 1 amide bonds. The Kier molecular flexibility index (Phi) is 4.69. The number of carbonyl (C=O) groups excluding carboxylic acids is 1. The molecule has 1 aliphatic heterocycles. The van der Waals surface area contributed by atoms with Crippen molar-refractivity contribution in [3.8, 4) is 0 Å². The Morgan fingerprint density at radius 2 is 1.92 bits per heavy atom. The molecule has 1 fully saturated rings. The van der Waals surface area contributed by atoms with Crippen LogP contribution in [0.2, 0.25) is 0 Å². The van der Waals surface area contributed by atoms with Crippen molar-refractivity contribution in [2.75, 3.05) is 18.4 Å². The minimum atomic E-state index is -1.09. The van der Waals surface area contributed by atoms with E-state index in [1.807, 2.05) is 19.1 Å². The van der Waals surface area contributed by atoms with Crippen molar-refractivity contribution in [3.63, 3.8) is 0 Å². The highest BCUT2D eigenvalue weighted by Crippen LogP contribution is 2.19. The molecule has 0 radical (unpaired) electrons. The van der Waals surface area contributed by atoms with Crippen LogP contribution < -0.4 is 5.32 Å². The normalized spacial score (nSPS) is 15.4. The molecule has 1 aromatic heterocycles. The average Bonchev–Trinajstić information content (AvgIpc) is 2.59. The summed E-state index contributed by atoms with van der Waals surface area (Å²) in [6, 6.07) is 7.57. The molecule has 0 spiro atoms. The van der Waals surface area contributed by atoms with Crippen LogP contribution in [0.1, 0.15) is 28.9 Å². The molecule has 3 rings (SSSR count). The number of anilines is 1. The van der Waals surface area contributed by atoms with E-state index in [4.69, 9.17) is 0 Å². The summed E-state index contributed by atoms with van der Waals surface area (Å²) in [4.78, 5) is 13.9. The smallest absolute Gasteiger partial charge is 0.256 e. The van der Waals surface area contributed by atoms with Gasteiger partial charge in [-0.15, -0.1) is 5.10 Å². The number of hydrogen-bond donors (Lipinski definition) is 1. The van der Waals surface area contributed by atoms with Gasteiger partial charge in [0, 0.05) is 19.1 Å². The molecular formula is C17H18F2N4O. The zero-order valence-electron chi connectivity index (χ0n) is 13.3. The largest absolute Gasteiger partial charge is 0.366 e. The number of nitrogens with zero attached hydrogens (tertiary/aromatic N) is 3. The number of benzene rings is 1. The number of nitrogens with one attached hydrogen (secondary N) is 1. The zero-order valence-corrected chi connectivity index (χ0v) is 13.3. The van der Waals surface area contributed by atoms with Gasteiger partial charge in [-0.1, -0.05) is 6.07 Å². The molecule has 0 aliphatic carbocycles. The molecular weight excluding hydrogens is 314 g/mol. The summed E-state index contributed by atoms with van der Waals surface area (Å²) in [7, 11) is 0. The van der Waals surface area contributed by atoms with Crippen LogP contribution >= 0.6 is 0 Å². The first-order valence-corrected chi connectivity index (χ1v) is 7.85. The molecule has 5 nitrogen and oxygen atoms in total. The summed E-state index contributed by atoms with van der Waals surface area (Å²) in [6.07, 6.45) is 1.41. The lowest BCUT2D eigenvalue weighted by molar-refractivity contribution is 0.0712. The summed E-state index contributed by atoms with van der Waals surface area (Å²) in [6.45, 7) is 2.82. The number of carbonyl (C=O) groups is 1. The monoisotopic (exact) mass is 332 g/mol. The van der Waals surface area contributed by atoms with E-state index in [-0.39, 0.29) is 11.6 Å². The van der Waals surface area contributed by atoms with Crippen LogP contribution in [-0.2, 0) is 0 Å². The first kappa shape index (κ1) is 16.3. The van der Waals surface area contributed by atoms with Crippen LogP contribution in [0.4, 0.5) is 14.6 Å². The van der Waals surface area contributed by atoms with Gasteiger partial charge in [-0.25, -0.2) is 8.78 Å². The van der Waals surface area contributed by atoms with E-state index < -0.39 is 17.5 Å². The minimum absolute atomic E-state index is 0.170. The second kappa shape index (κ2) is 6.90. The second-order valence-corrected chi connectivity index (χ2v) is 5.87. The molecule has 0 saturated carbocycles. The van der Waals surface area contributed by atoms with Crippen LogP contribution in [-0.4, -0.2) is 40.1 Å². The Balaban J connectivity index is 1.59. The molecule has 1 saturated heterocycles. The van der Waals surface area contributed by atoms with Gasteiger partial charge >= 0.3 is 0 Å². The molecule has 24 heavy (non-hydrogen) atoms. The molecule has 126 valence electrons. The molecule has 0 bridgehead atoms. The van der Waals surface area contributed by atoms with Crippen LogP contribution in [0.15, 0.2) is 30.3 Å². The van der Waals surface area contributed by atoms with E-state index in [2.05, 4.69) is 15.5 Å². The van der Waals surface area contributed by atoms with Crippen LogP contribution in [0.3, 0.4) is 0 Å². The van der Waals surface area contributed by atoms with Gasteiger partial charge in [0.1, 0.15) is 5.82 Å². The maximum atomic E-state index is 13.8. The summed E-state index contributed by atoms with van der Waals surface area (Å²) in [5, 5.41) is 11.3. The van der Waals surface area contributed by atoms with E-state index in [9.17, 15) is 13.6 Å². The van der Waals surface area contributed by atoms with Gasteiger partial charge in [-0.3, -0.25) is 4.79 Å². The number of aromatic nitrogens is 2. The van der Waals surface area contributed by atoms with Gasteiger partial charge in [0.15, 0.2) is 11.6 Å². The van der Waals surface area contributed by atoms with Crippen molar-refractivity contribution in [1.82, 2.24) is 15.1 Å². The summed E-state index contributed by atoms with van der Waals surface area (Å²) < 4.78 is 27.0. The molecule has 1 N–H and O–H groups in total. The number of piperidine rings is 1. The van der Waals surface area contributed by atoms with E-state index in [0.29, 0.717) is 31.7 Å². The van der Waals surface area contributed by atoms with E-state index >= 15 is 0 Å². The van der Waals surface area contributed by atoms with Gasteiger partial charge < -0.3 is 10.2 Å². The molecule has 2 heterocycles. The van der Waals surface area contributed by atoms with Crippen LogP contribution in [0.5, 0.6) is 0 Å². The Morgan fingerprint density at radius 1 is 1.17 bits per heavy atom. The third-order valence-electron chi connectivity index (χ3n) is 4.11. The first-order valence-electron chi connectivity index (χ1n) is 7.85. The highest BCUT2D eigenvalue weighted by molar-refractivity contribution is 5.94. The maximum absolute atomic E-state index is 13.8. The highest BCUT2D eigenvalue weighted by atomic mass is 19.2. The van der Waals surface area contributed by atoms with Gasteiger partial charge in [0.2, 0.25) is 0 Å². The van der Waals surface area contributed by atoms with E-state index in [0.717, 1.165) is 11.8 Å². The highest BCUT2D eigenvalue weighted by Gasteiger charge is 2.26. The first-order chi connectivity index (χ1) is 11.5. The van der Waals surface area contributed by atoms with Crippen molar-refractivity contribution in [2.45, 2.75) is 25.8 Å². The lowest BCUT2D eigenvalue weighted by atomic mass is 10.0. The van der Waals surface area contributed by atoms with E-state index in [1.54, 1.807) is 4.90 Å². The quantitative estimate of drug-likeness (QED) is 0.939. The predicted octanol–water partition coefficient (Wildman–Crippen LogP) is 2.78. The fourth-order valence-electron chi connectivity index (χ4n) is 2.75. The Bertz CT molecular complexity index is 728. The number of halogens is 2. The summed E-state index contributed by atoms with van der Waals surface area (Å²) in [5.41, 5.74) is 0.629. The third kappa shape index (κ3) is 3.50. The lowest BCUT2D eigenvalue weighted by Gasteiger charge is -2.32. The van der Waals surface area contributed by atoms with Crippen molar-refractivity contribution in [2.24, 2.45) is 0 Å². The Morgan fingerprint density at radius 3 is 2.58 bits per heavy atom. The van der Waals surface area contributed by atoms with Gasteiger partial charge in [-0.05, 0) is 44.0 Å². The molecule has 2 aromatic rings. The Hall–Kier alpha value is -2.57. The standard InChI is InChI=1S/C17H18F2N4O/c1-11-5-6-15(22-21-11)20-12-7-9-23(10-8-12)17(24)13-3-2-4-14(18)16(13)19/h2-6,12H,7-10H2,1H3,(H,20,22). The van der Waals surface area contributed by atoms with Crippen molar-refractivity contribution in [3.05, 3.63) is 53.2 Å². The fraction of sp³-hybridized carbons (Fsp3) is 0.353. The second-order valence-electron chi connectivity index (χ2n) is 5.87. The SMILES string of the molecule is Cc1ccc(NC2CCN(C(=O)c3cccc(F)c3F)CC2)nn1. The topological polar surface area (TPSA) is 58.1 Å². The molecule has 7 heteroatoms. The van der Waals surface area contributed by atoms with Crippen LogP contribution in [0, 0.1) is 18.6 Å². The van der Waals surface area contributed by atoms with Gasteiger partial charge in [0.25, 0.3) is 5.91 Å². The number of likely N-dealkylation sites (tertiary alicyclic amines) is 1. The molecule has 1 aromatic carbocycles. The van der Waals surface area contributed by atoms with Crippen LogP contribution in [0.25, 0.3) is 0 Å². The number of rotatable bonds is 3. The number of hydrogen-bond acceptors (Lipinski definition) is 4. The fourth-order valence-corrected chi connectivity index (χ4v) is 2.75. The molecule has 1 aliphatic rings. The molecule has 0 unspecified atom stereocenters. The maximum Gasteiger partial charge on any atom is 0.256 e. The average molecular weight is 332 g/mol. The number of aryl methyl sites for hydroxylation is 1. The third-order valence-corrected chi connectivity index (χ3v) is 4.11. The van der Waals surface area contributed by atoms with Crippen molar-refractivity contribution in [1.29, 1.82) is 0 Å². The summed E-state index contributed by atoms with van der Waals surface area (Å²) >= 11 is 0.